The standard InChI is InChI=1S/C17H32F2N2O2/c1-11(2)8-9-15(22)21-14-7-5-4-6-12(14)10-13(20)16(23)17(3,18)19/h11-14,16,23H,4-10,20H2,1-3H3,(H,21,22)/t12?,13-,14?,16+/m0/s1. The zero-order valence-corrected chi connectivity index (χ0v) is 14.5. The van der Waals surface area contributed by atoms with E-state index in [1.165, 1.54) is 0 Å². The van der Waals surface area contributed by atoms with Gasteiger partial charge in [-0.3, -0.25) is 4.79 Å². The van der Waals surface area contributed by atoms with Gasteiger partial charge in [-0.15, -0.1) is 0 Å². The largest absolute Gasteiger partial charge is 0.385 e. The number of carbonyl (C=O) groups is 1. The molecule has 0 bridgehead atoms. The summed E-state index contributed by atoms with van der Waals surface area (Å²) in [5, 5.41) is 12.7. The second kappa shape index (κ2) is 8.92. The number of carbonyl (C=O) groups excluding carboxylic acids is 1. The van der Waals surface area contributed by atoms with Crippen LogP contribution in [0, 0.1) is 11.8 Å². The molecule has 6 heteroatoms. The molecular weight excluding hydrogens is 302 g/mol. The number of aliphatic hydroxyl groups excluding tert-OH is 1. The molecule has 1 fully saturated rings. The molecule has 0 aromatic carbocycles. The van der Waals surface area contributed by atoms with Crippen molar-refractivity contribution in [3.8, 4) is 0 Å². The molecule has 1 aliphatic carbocycles. The lowest BCUT2D eigenvalue weighted by Crippen LogP contribution is -2.50. The molecule has 0 aromatic rings. The summed E-state index contributed by atoms with van der Waals surface area (Å²) in [5.74, 6) is -2.66. The Kier molecular flexibility index (Phi) is 7.87. The Balaban J connectivity index is 2.55. The van der Waals surface area contributed by atoms with Crippen LogP contribution in [0.4, 0.5) is 8.78 Å². The molecule has 0 saturated heterocycles. The Hall–Kier alpha value is -0.750. The lowest BCUT2D eigenvalue weighted by molar-refractivity contribution is -0.123. The van der Waals surface area contributed by atoms with Crippen molar-refractivity contribution in [3.05, 3.63) is 0 Å². The molecule has 4 N–H and O–H groups in total. The Labute approximate surface area is 138 Å². The summed E-state index contributed by atoms with van der Waals surface area (Å²) in [5.41, 5.74) is 5.78. The zero-order chi connectivity index (χ0) is 17.6. The fraction of sp³-hybridized carbons (Fsp3) is 0.941. The third-order valence-electron chi connectivity index (χ3n) is 4.70. The number of nitrogens with one attached hydrogen (secondary N) is 1. The lowest BCUT2D eigenvalue weighted by Gasteiger charge is -2.35. The van der Waals surface area contributed by atoms with Crippen LogP contribution in [0.25, 0.3) is 0 Å². The molecule has 1 aliphatic rings. The first-order chi connectivity index (χ1) is 10.6. The molecule has 4 nitrogen and oxygen atoms in total. The summed E-state index contributed by atoms with van der Waals surface area (Å²) < 4.78 is 26.4. The number of nitrogens with two attached hydrogens (primary N) is 1. The molecule has 1 rings (SSSR count). The summed E-state index contributed by atoms with van der Waals surface area (Å²) in [6.07, 6.45) is 3.52. The minimum absolute atomic E-state index is 0.0190. The maximum absolute atomic E-state index is 13.2. The molecular formula is C17H32F2N2O2. The topological polar surface area (TPSA) is 75.4 Å². The summed E-state index contributed by atoms with van der Waals surface area (Å²) in [4.78, 5) is 12.0. The number of halogens is 2. The number of alkyl halides is 2. The van der Waals surface area contributed by atoms with Crippen molar-refractivity contribution in [2.24, 2.45) is 17.6 Å². The highest BCUT2D eigenvalue weighted by atomic mass is 19.3. The zero-order valence-electron chi connectivity index (χ0n) is 14.5. The van der Waals surface area contributed by atoms with Crippen molar-refractivity contribution in [2.75, 3.05) is 0 Å². The highest BCUT2D eigenvalue weighted by molar-refractivity contribution is 5.76. The normalized spacial score (nSPS) is 25.2. The summed E-state index contributed by atoms with van der Waals surface area (Å²) >= 11 is 0. The SMILES string of the molecule is CC(C)CCC(=O)NC1CCCCC1C[C@H](N)[C@@H](O)C(C)(F)F. The fourth-order valence-electron chi connectivity index (χ4n) is 3.23. The van der Waals surface area contributed by atoms with Gasteiger partial charge in [0.15, 0.2) is 0 Å². The average molecular weight is 334 g/mol. The predicted octanol–water partition coefficient (Wildman–Crippen LogP) is 2.83. The highest BCUT2D eigenvalue weighted by Gasteiger charge is 2.39. The molecule has 1 saturated carbocycles. The smallest absolute Gasteiger partial charge is 0.272 e. The molecule has 136 valence electrons. The van der Waals surface area contributed by atoms with Gasteiger partial charge >= 0.3 is 0 Å². The molecule has 4 atom stereocenters. The van der Waals surface area contributed by atoms with Crippen LogP contribution in [-0.2, 0) is 4.79 Å². The third-order valence-corrected chi connectivity index (χ3v) is 4.70. The van der Waals surface area contributed by atoms with Gasteiger partial charge in [0.2, 0.25) is 5.91 Å². The first-order valence-corrected chi connectivity index (χ1v) is 8.72. The average Bonchev–Trinajstić information content (AvgIpc) is 2.45. The van der Waals surface area contributed by atoms with Gasteiger partial charge in [0.1, 0.15) is 6.10 Å². The van der Waals surface area contributed by atoms with Crippen LogP contribution >= 0.6 is 0 Å². The highest BCUT2D eigenvalue weighted by Crippen LogP contribution is 2.30. The van der Waals surface area contributed by atoms with Crippen LogP contribution in [-0.4, -0.2) is 35.1 Å². The van der Waals surface area contributed by atoms with Gasteiger partial charge in [-0.2, -0.15) is 0 Å². The molecule has 0 radical (unpaired) electrons. The summed E-state index contributed by atoms with van der Waals surface area (Å²) in [7, 11) is 0. The first-order valence-electron chi connectivity index (χ1n) is 8.72. The molecule has 0 aromatic heterocycles. The van der Waals surface area contributed by atoms with Crippen LogP contribution in [0.15, 0.2) is 0 Å². The first kappa shape index (κ1) is 20.3. The van der Waals surface area contributed by atoms with Crippen molar-refractivity contribution >= 4 is 5.91 Å². The summed E-state index contributed by atoms with van der Waals surface area (Å²) in [6, 6.07) is -1.000. The number of aliphatic hydroxyl groups is 1. The predicted molar refractivity (Wildman–Crippen MR) is 87.2 cm³/mol. The van der Waals surface area contributed by atoms with Gasteiger partial charge in [-0.25, -0.2) is 8.78 Å². The molecule has 2 unspecified atom stereocenters. The Morgan fingerprint density at radius 2 is 1.96 bits per heavy atom. The lowest BCUT2D eigenvalue weighted by atomic mass is 9.79. The van der Waals surface area contributed by atoms with E-state index in [-0.39, 0.29) is 17.9 Å². The minimum Gasteiger partial charge on any atom is -0.385 e. The molecule has 0 heterocycles. The fourth-order valence-corrected chi connectivity index (χ4v) is 3.23. The number of hydrogen-bond acceptors (Lipinski definition) is 3. The van der Waals surface area contributed by atoms with Crippen molar-refractivity contribution in [3.63, 3.8) is 0 Å². The maximum atomic E-state index is 13.2. The van der Waals surface area contributed by atoms with E-state index in [1.807, 2.05) is 0 Å². The van der Waals surface area contributed by atoms with Crippen molar-refractivity contribution < 1.29 is 18.7 Å². The summed E-state index contributed by atoms with van der Waals surface area (Å²) in [6.45, 7) is 4.83. The number of rotatable bonds is 8. The van der Waals surface area contributed by atoms with Crippen molar-refractivity contribution in [1.82, 2.24) is 5.32 Å². The second-order valence-corrected chi connectivity index (χ2v) is 7.45. The van der Waals surface area contributed by atoms with E-state index in [0.29, 0.717) is 25.7 Å². The van der Waals surface area contributed by atoms with Crippen molar-refractivity contribution in [1.29, 1.82) is 0 Å². The Bertz CT molecular complexity index is 372. The van der Waals surface area contributed by atoms with E-state index in [4.69, 9.17) is 5.73 Å². The number of amides is 1. The van der Waals surface area contributed by atoms with Gasteiger partial charge in [-0.1, -0.05) is 26.7 Å². The van der Waals surface area contributed by atoms with Gasteiger partial charge in [0, 0.05) is 25.4 Å². The Morgan fingerprint density at radius 3 is 2.52 bits per heavy atom. The van der Waals surface area contributed by atoms with Crippen LogP contribution in [0.3, 0.4) is 0 Å². The van der Waals surface area contributed by atoms with E-state index in [1.54, 1.807) is 0 Å². The van der Waals surface area contributed by atoms with Crippen LogP contribution in [0.1, 0.15) is 65.7 Å². The molecule has 0 spiro atoms. The van der Waals surface area contributed by atoms with E-state index in [0.717, 1.165) is 32.1 Å². The minimum atomic E-state index is -3.20. The molecule has 23 heavy (non-hydrogen) atoms. The van der Waals surface area contributed by atoms with Gasteiger partial charge < -0.3 is 16.2 Å². The van der Waals surface area contributed by atoms with E-state index >= 15 is 0 Å². The van der Waals surface area contributed by atoms with Gasteiger partial charge in [0.05, 0.1) is 0 Å². The van der Waals surface area contributed by atoms with Crippen molar-refractivity contribution in [2.45, 2.75) is 89.8 Å². The Morgan fingerprint density at radius 1 is 1.35 bits per heavy atom. The van der Waals surface area contributed by atoms with Crippen LogP contribution < -0.4 is 11.1 Å². The van der Waals surface area contributed by atoms with E-state index in [2.05, 4.69) is 19.2 Å². The van der Waals surface area contributed by atoms with Crippen LogP contribution in [0.5, 0.6) is 0 Å². The van der Waals surface area contributed by atoms with E-state index in [9.17, 15) is 18.7 Å². The van der Waals surface area contributed by atoms with Gasteiger partial charge in [0.25, 0.3) is 5.92 Å². The second-order valence-electron chi connectivity index (χ2n) is 7.45. The maximum Gasteiger partial charge on any atom is 0.272 e. The van der Waals surface area contributed by atoms with Crippen LogP contribution in [0.2, 0.25) is 0 Å². The molecule has 1 amide bonds. The van der Waals surface area contributed by atoms with E-state index < -0.39 is 18.1 Å². The third kappa shape index (κ3) is 7.12. The monoisotopic (exact) mass is 334 g/mol. The number of hydrogen-bond donors (Lipinski definition) is 3. The quantitative estimate of drug-likeness (QED) is 0.639. The molecule has 0 aliphatic heterocycles. The van der Waals surface area contributed by atoms with Gasteiger partial charge in [-0.05, 0) is 37.5 Å².